The van der Waals surface area contributed by atoms with Crippen LogP contribution in [0.1, 0.15) is 6.92 Å². The van der Waals surface area contributed by atoms with Crippen LogP contribution in [0.15, 0.2) is 24.3 Å². The summed E-state index contributed by atoms with van der Waals surface area (Å²) in [6, 6.07) is 6.35. The SMILES string of the molecule is CC(N)C(=O)O.Clc1cccc(Cl)c1. The van der Waals surface area contributed by atoms with E-state index >= 15 is 0 Å². The highest BCUT2D eigenvalue weighted by molar-refractivity contribution is 6.34. The predicted octanol–water partition coefficient (Wildman–Crippen LogP) is 2.41. The van der Waals surface area contributed by atoms with Gasteiger partial charge in [-0.3, -0.25) is 4.79 Å². The maximum Gasteiger partial charge on any atom is 0.320 e. The summed E-state index contributed by atoms with van der Waals surface area (Å²) in [5, 5.41) is 9.22. The molecule has 5 heteroatoms. The molecule has 0 aliphatic carbocycles. The van der Waals surface area contributed by atoms with Crippen LogP contribution in [0.25, 0.3) is 0 Å². The van der Waals surface area contributed by atoms with Crippen molar-refractivity contribution in [2.45, 2.75) is 13.0 Å². The van der Waals surface area contributed by atoms with Gasteiger partial charge in [0.25, 0.3) is 0 Å². The van der Waals surface area contributed by atoms with Crippen LogP contribution in [0, 0.1) is 0 Å². The van der Waals surface area contributed by atoms with Gasteiger partial charge in [0.2, 0.25) is 0 Å². The molecule has 0 aliphatic heterocycles. The number of hydrogen-bond donors (Lipinski definition) is 2. The van der Waals surface area contributed by atoms with Gasteiger partial charge in [0.05, 0.1) is 0 Å². The third-order valence-electron chi connectivity index (χ3n) is 1.18. The van der Waals surface area contributed by atoms with Crippen LogP contribution in [-0.2, 0) is 4.79 Å². The Morgan fingerprint density at radius 3 is 1.93 bits per heavy atom. The lowest BCUT2D eigenvalue weighted by Crippen LogP contribution is -2.25. The molecule has 0 saturated heterocycles. The molecule has 1 unspecified atom stereocenters. The first-order chi connectivity index (χ1) is 6.43. The molecule has 0 spiro atoms. The smallest absolute Gasteiger partial charge is 0.320 e. The fraction of sp³-hybridized carbons (Fsp3) is 0.222. The van der Waals surface area contributed by atoms with Gasteiger partial charge in [-0.1, -0.05) is 29.3 Å². The average molecular weight is 236 g/mol. The van der Waals surface area contributed by atoms with Gasteiger partial charge < -0.3 is 10.8 Å². The molecule has 0 heterocycles. The molecule has 3 N–H and O–H groups in total. The molecule has 0 radical (unpaired) electrons. The van der Waals surface area contributed by atoms with E-state index in [9.17, 15) is 4.79 Å². The number of rotatable bonds is 1. The Morgan fingerprint density at radius 2 is 1.79 bits per heavy atom. The average Bonchev–Trinajstić information content (AvgIpc) is 2.04. The zero-order valence-electron chi connectivity index (χ0n) is 7.58. The normalized spacial score (nSPS) is 11.1. The van der Waals surface area contributed by atoms with Crippen molar-refractivity contribution in [2.75, 3.05) is 0 Å². The fourth-order valence-corrected chi connectivity index (χ4v) is 0.896. The van der Waals surface area contributed by atoms with Gasteiger partial charge in [0, 0.05) is 10.0 Å². The lowest BCUT2D eigenvalue weighted by atomic mass is 10.4. The highest BCUT2D eigenvalue weighted by atomic mass is 35.5. The number of carboxylic acid groups (broad SMARTS) is 1. The van der Waals surface area contributed by atoms with Crippen molar-refractivity contribution >= 4 is 29.2 Å². The largest absolute Gasteiger partial charge is 0.480 e. The fourth-order valence-electron chi connectivity index (χ4n) is 0.460. The number of hydrogen-bond acceptors (Lipinski definition) is 2. The van der Waals surface area contributed by atoms with E-state index in [1.807, 2.05) is 6.07 Å². The first-order valence-corrected chi connectivity index (χ1v) is 4.58. The molecule has 1 aromatic rings. The van der Waals surface area contributed by atoms with Crippen molar-refractivity contribution in [2.24, 2.45) is 5.73 Å². The van der Waals surface area contributed by atoms with E-state index in [0.29, 0.717) is 10.0 Å². The van der Waals surface area contributed by atoms with Crippen molar-refractivity contribution in [1.29, 1.82) is 0 Å². The Kier molecular flexibility index (Phi) is 6.28. The van der Waals surface area contributed by atoms with E-state index in [4.69, 9.17) is 34.0 Å². The molecule has 1 aromatic carbocycles. The molecule has 1 rings (SSSR count). The van der Waals surface area contributed by atoms with Gasteiger partial charge in [0.15, 0.2) is 0 Å². The summed E-state index contributed by atoms with van der Waals surface area (Å²) in [5.41, 5.74) is 4.84. The summed E-state index contributed by atoms with van der Waals surface area (Å²) in [6.07, 6.45) is 0. The second-order valence-corrected chi connectivity index (χ2v) is 3.44. The van der Waals surface area contributed by atoms with E-state index < -0.39 is 12.0 Å². The maximum atomic E-state index is 9.57. The second kappa shape index (κ2) is 6.65. The van der Waals surface area contributed by atoms with Gasteiger partial charge in [-0.25, -0.2) is 0 Å². The monoisotopic (exact) mass is 235 g/mol. The van der Waals surface area contributed by atoms with E-state index in [1.54, 1.807) is 18.2 Å². The maximum absolute atomic E-state index is 9.57. The first-order valence-electron chi connectivity index (χ1n) is 3.83. The standard InChI is InChI=1S/C6H4Cl2.C3H7NO2/c7-5-2-1-3-6(8)4-5;1-2(4)3(5)6/h1-4H;2H,4H2,1H3,(H,5,6). The van der Waals surface area contributed by atoms with Gasteiger partial charge in [-0.15, -0.1) is 0 Å². The number of carboxylic acids is 1. The van der Waals surface area contributed by atoms with Gasteiger partial charge in [0.1, 0.15) is 6.04 Å². The summed E-state index contributed by atoms with van der Waals surface area (Å²) < 4.78 is 0. The summed E-state index contributed by atoms with van der Waals surface area (Å²) in [6.45, 7) is 1.42. The summed E-state index contributed by atoms with van der Waals surface area (Å²) >= 11 is 11.1. The second-order valence-electron chi connectivity index (χ2n) is 2.57. The quantitative estimate of drug-likeness (QED) is 0.786. The minimum atomic E-state index is -0.963. The minimum Gasteiger partial charge on any atom is -0.480 e. The Balaban J connectivity index is 0.000000255. The van der Waals surface area contributed by atoms with Gasteiger partial charge in [-0.2, -0.15) is 0 Å². The molecule has 0 aliphatic rings. The first kappa shape index (κ1) is 13.2. The molecular weight excluding hydrogens is 225 g/mol. The van der Waals surface area contributed by atoms with Gasteiger partial charge in [-0.05, 0) is 25.1 Å². The van der Waals surface area contributed by atoms with Crippen LogP contribution < -0.4 is 5.73 Å². The van der Waals surface area contributed by atoms with E-state index in [-0.39, 0.29) is 0 Å². The van der Waals surface area contributed by atoms with Crippen molar-refractivity contribution < 1.29 is 9.90 Å². The molecular formula is C9H11Cl2NO2. The highest BCUT2D eigenvalue weighted by Gasteiger charge is 1.99. The number of aliphatic carboxylic acids is 1. The molecule has 14 heavy (non-hydrogen) atoms. The zero-order valence-corrected chi connectivity index (χ0v) is 9.09. The third kappa shape index (κ3) is 6.71. The molecule has 0 aromatic heterocycles. The van der Waals surface area contributed by atoms with Crippen LogP contribution in [0.5, 0.6) is 0 Å². The molecule has 0 bridgehead atoms. The molecule has 3 nitrogen and oxygen atoms in total. The zero-order chi connectivity index (χ0) is 11.1. The summed E-state index contributed by atoms with van der Waals surface area (Å²) in [5.74, 6) is -0.963. The van der Waals surface area contributed by atoms with E-state index in [1.165, 1.54) is 6.92 Å². The predicted molar refractivity (Wildman–Crippen MR) is 57.7 cm³/mol. The van der Waals surface area contributed by atoms with Crippen molar-refractivity contribution in [1.82, 2.24) is 0 Å². The summed E-state index contributed by atoms with van der Waals surface area (Å²) in [7, 11) is 0. The minimum absolute atomic E-state index is 0.678. The van der Waals surface area contributed by atoms with Crippen LogP contribution in [-0.4, -0.2) is 17.1 Å². The van der Waals surface area contributed by atoms with Crippen LogP contribution in [0.2, 0.25) is 10.0 Å². The molecule has 0 fully saturated rings. The highest BCUT2D eigenvalue weighted by Crippen LogP contribution is 2.13. The number of carbonyl (C=O) groups is 1. The van der Waals surface area contributed by atoms with E-state index in [0.717, 1.165) is 0 Å². The van der Waals surface area contributed by atoms with Crippen molar-refractivity contribution in [3.63, 3.8) is 0 Å². The molecule has 1 atom stereocenters. The van der Waals surface area contributed by atoms with Crippen LogP contribution >= 0.6 is 23.2 Å². The van der Waals surface area contributed by atoms with Crippen molar-refractivity contribution in [3.05, 3.63) is 34.3 Å². The van der Waals surface area contributed by atoms with E-state index in [2.05, 4.69) is 0 Å². The number of nitrogens with two attached hydrogens (primary N) is 1. The molecule has 78 valence electrons. The topological polar surface area (TPSA) is 63.3 Å². The Labute approximate surface area is 92.4 Å². The van der Waals surface area contributed by atoms with Crippen molar-refractivity contribution in [3.8, 4) is 0 Å². The number of halogens is 2. The Morgan fingerprint density at radius 1 is 1.43 bits per heavy atom. The van der Waals surface area contributed by atoms with Crippen LogP contribution in [0.3, 0.4) is 0 Å². The number of benzene rings is 1. The van der Waals surface area contributed by atoms with Crippen LogP contribution in [0.4, 0.5) is 0 Å². The third-order valence-corrected chi connectivity index (χ3v) is 1.65. The Hall–Kier alpha value is -0.770. The lowest BCUT2D eigenvalue weighted by Gasteiger charge is -1.90. The Bertz CT molecular complexity index is 285. The molecule has 0 amide bonds. The summed E-state index contributed by atoms with van der Waals surface area (Å²) in [4.78, 5) is 9.57. The lowest BCUT2D eigenvalue weighted by molar-refractivity contribution is -0.138. The molecule has 0 saturated carbocycles. The van der Waals surface area contributed by atoms with Gasteiger partial charge >= 0.3 is 5.97 Å².